The van der Waals surface area contributed by atoms with Crippen molar-refractivity contribution in [3.8, 4) is 0 Å². The van der Waals surface area contributed by atoms with E-state index in [9.17, 15) is 9.59 Å². The van der Waals surface area contributed by atoms with Gasteiger partial charge in [0.15, 0.2) is 0 Å². The molecule has 158 valence electrons. The molecular formula is C22H24ClN3O4. The van der Waals surface area contributed by atoms with Crippen LogP contribution in [0, 0.1) is 0 Å². The fraction of sp³-hybridized carbons (Fsp3) is 0.455. The Hall–Kier alpha value is -2.51. The molecule has 4 heterocycles. The van der Waals surface area contributed by atoms with Crippen molar-refractivity contribution in [3.05, 3.63) is 52.9 Å². The molecule has 2 N–H and O–H groups in total. The number of hydrogen-bond donors (Lipinski definition) is 2. The number of halogens is 1. The monoisotopic (exact) mass is 429 g/mol. The van der Waals surface area contributed by atoms with Gasteiger partial charge in [0.05, 0.1) is 24.0 Å². The van der Waals surface area contributed by atoms with Crippen LogP contribution in [0.2, 0.25) is 5.02 Å². The number of furan rings is 1. The molecular weight excluding hydrogens is 406 g/mol. The second kappa shape index (κ2) is 7.32. The fourth-order valence-corrected chi connectivity index (χ4v) is 4.98. The summed E-state index contributed by atoms with van der Waals surface area (Å²) in [6.45, 7) is 1.72. The molecule has 2 aromatic rings. The topological polar surface area (TPSA) is 83.8 Å². The summed E-state index contributed by atoms with van der Waals surface area (Å²) in [5.74, 6) is 0.833. The Labute approximate surface area is 179 Å². The summed E-state index contributed by atoms with van der Waals surface area (Å²) in [7, 11) is 0. The molecule has 2 fully saturated rings. The number of ether oxygens (including phenoxy) is 1. The second-order valence-electron chi connectivity index (χ2n) is 8.46. The molecule has 0 aliphatic carbocycles. The molecule has 2 saturated heterocycles. The first-order valence-electron chi connectivity index (χ1n) is 10.3. The number of nitrogens with one attached hydrogen (secondary N) is 2. The molecule has 1 aromatic heterocycles. The van der Waals surface area contributed by atoms with Crippen LogP contribution >= 0.6 is 11.6 Å². The number of fused-ring (bicyclic) bond motifs is 1. The Balaban J connectivity index is 1.21. The number of amides is 2. The summed E-state index contributed by atoms with van der Waals surface area (Å²) >= 11 is 6.03. The first kappa shape index (κ1) is 19.5. The lowest BCUT2D eigenvalue weighted by Crippen LogP contribution is -2.59. The number of rotatable bonds is 3. The van der Waals surface area contributed by atoms with Gasteiger partial charge in [0.1, 0.15) is 11.4 Å². The van der Waals surface area contributed by atoms with Gasteiger partial charge in [-0.2, -0.15) is 0 Å². The summed E-state index contributed by atoms with van der Waals surface area (Å²) < 4.78 is 11.6. The quantitative estimate of drug-likeness (QED) is 0.782. The van der Waals surface area contributed by atoms with Gasteiger partial charge in [-0.3, -0.25) is 9.59 Å². The van der Waals surface area contributed by atoms with Crippen molar-refractivity contribution in [2.45, 2.75) is 43.4 Å². The minimum absolute atomic E-state index is 0.141. The first-order valence-corrected chi connectivity index (χ1v) is 10.7. The number of benzene rings is 1. The molecule has 0 radical (unpaired) electrons. The molecule has 3 aliphatic heterocycles. The molecule has 1 unspecified atom stereocenters. The van der Waals surface area contributed by atoms with Crippen LogP contribution in [0.4, 0.5) is 5.69 Å². The lowest BCUT2D eigenvalue weighted by Gasteiger charge is -2.41. The first-order chi connectivity index (χ1) is 14.5. The predicted molar refractivity (Wildman–Crippen MR) is 111 cm³/mol. The zero-order valence-electron chi connectivity index (χ0n) is 16.6. The number of carbonyl (C=O) groups excluding carboxylic acids is 2. The summed E-state index contributed by atoms with van der Waals surface area (Å²) in [5, 5.41) is 7.09. The Morgan fingerprint density at radius 2 is 2.03 bits per heavy atom. The number of hydrogen-bond acceptors (Lipinski definition) is 5. The van der Waals surface area contributed by atoms with Crippen molar-refractivity contribution in [2.24, 2.45) is 0 Å². The van der Waals surface area contributed by atoms with Crippen LogP contribution in [0.25, 0.3) is 0 Å². The van der Waals surface area contributed by atoms with Gasteiger partial charge in [-0.05, 0) is 43.2 Å². The highest BCUT2D eigenvalue weighted by molar-refractivity contribution is 6.31. The fourth-order valence-electron chi connectivity index (χ4n) is 4.80. The molecule has 0 bridgehead atoms. The second-order valence-corrected chi connectivity index (χ2v) is 8.90. The Morgan fingerprint density at radius 3 is 2.80 bits per heavy atom. The van der Waals surface area contributed by atoms with Crippen LogP contribution in [-0.2, 0) is 16.0 Å². The molecule has 2 amide bonds. The van der Waals surface area contributed by atoms with Gasteiger partial charge < -0.3 is 24.7 Å². The Kier molecular flexibility index (Phi) is 4.75. The van der Waals surface area contributed by atoms with Gasteiger partial charge in [0, 0.05) is 43.1 Å². The Morgan fingerprint density at radius 1 is 1.20 bits per heavy atom. The largest absolute Gasteiger partial charge is 0.469 e. The van der Waals surface area contributed by atoms with Crippen LogP contribution in [0.5, 0.6) is 0 Å². The zero-order chi connectivity index (χ0) is 20.8. The SMILES string of the molecule is O=C1NC2(COC3(CCN(C(=O)CCc4ccco4)CC3)C2)Nc2ccc(Cl)cc21. The highest BCUT2D eigenvalue weighted by Gasteiger charge is 2.53. The Bertz CT molecular complexity index is 969. The number of carbonyl (C=O) groups is 2. The van der Waals surface area contributed by atoms with Gasteiger partial charge in [-0.1, -0.05) is 11.6 Å². The van der Waals surface area contributed by atoms with Gasteiger partial charge in [-0.15, -0.1) is 0 Å². The number of nitrogens with zero attached hydrogens (tertiary/aromatic N) is 1. The van der Waals surface area contributed by atoms with E-state index < -0.39 is 5.66 Å². The van der Waals surface area contributed by atoms with E-state index in [0.717, 1.165) is 24.3 Å². The minimum atomic E-state index is -0.622. The molecule has 8 heteroatoms. The highest BCUT2D eigenvalue weighted by Crippen LogP contribution is 2.43. The van der Waals surface area contributed by atoms with Crippen LogP contribution in [0.15, 0.2) is 41.0 Å². The average Bonchev–Trinajstić information content (AvgIpc) is 3.36. The molecule has 0 saturated carbocycles. The number of anilines is 1. The van der Waals surface area contributed by atoms with E-state index in [1.807, 2.05) is 23.1 Å². The molecule has 1 atom stereocenters. The van der Waals surface area contributed by atoms with E-state index in [2.05, 4.69) is 10.6 Å². The normalized spacial score (nSPS) is 24.6. The standard InChI is InChI=1S/C22H24ClN3O4/c23-15-3-5-18-17(12-15)20(28)25-22(24-18)13-21(30-14-22)7-9-26(10-8-21)19(27)6-4-16-2-1-11-29-16/h1-3,5,11-12,24H,4,6-10,13-14H2,(H,25,28). The maximum atomic E-state index is 12.7. The highest BCUT2D eigenvalue weighted by atomic mass is 35.5. The summed E-state index contributed by atoms with van der Waals surface area (Å²) in [6, 6.07) is 9.01. The molecule has 7 nitrogen and oxygen atoms in total. The van der Waals surface area contributed by atoms with Crippen LogP contribution < -0.4 is 10.6 Å². The van der Waals surface area contributed by atoms with E-state index in [4.69, 9.17) is 20.8 Å². The summed E-state index contributed by atoms with van der Waals surface area (Å²) in [5.41, 5.74) is 0.367. The minimum Gasteiger partial charge on any atom is -0.469 e. The lowest BCUT2D eigenvalue weighted by molar-refractivity contribution is -0.136. The van der Waals surface area contributed by atoms with Crippen molar-refractivity contribution >= 4 is 29.1 Å². The summed E-state index contributed by atoms with van der Waals surface area (Å²) in [4.78, 5) is 27.1. The van der Waals surface area contributed by atoms with E-state index in [-0.39, 0.29) is 17.4 Å². The average molecular weight is 430 g/mol. The lowest BCUT2D eigenvalue weighted by atomic mass is 9.84. The molecule has 2 spiro atoms. The van der Waals surface area contributed by atoms with E-state index in [1.165, 1.54) is 0 Å². The van der Waals surface area contributed by atoms with Crippen LogP contribution in [-0.4, -0.2) is 47.7 Å². The third-order valence-corrected chi connectivity index (χ3v) is 6.63. The number of likely N-dealkylation sites (tertiary alicyclic amines) is 1. The molecule has 5 rings (SSSR count). The van der Waals surface area contributed by atoms with Crippen molar-refractivity contribution in [3.63, 3.8) is 0 Å². The third-order valence-electron chi connectivity index (χ3n) is 6.39. The zero-order valence-corrected chi connectivity index (χ0v) is 17.3. The van der Waals surface area contributed by atoms with Gasteiger partial charge in [-0.25, -0.2) is 0 Å². The summed E-state index contributed by atoms with van der Waals surface area (Å²) in [6.07, 6.45) is 4.87. The molecule has 30 heavy (non-hydrogen) atoms. The van der Waals surface area contributed by atoms with E-state index in [1.54, 1.807) is 18.4 Å². The van der Waals surface area contributed by atoms with Crippen molar-refractivity contribution in [1.82, 2.24) is 10.2 Å². The molecule has 1 aromatic carbocycles. The van der Waals surface area contributed by atoms with Crippen molar-refractivity contribution < 1.29 is 18.7 Å². The van der Waals surface area contributed by atoms with Crippen LogP contribution in [0.1, 0.15) is 41.8 Å². The van der Waals surface area contributed by atoms with Crippen molar-refractivity contribution in [2.75, 3.05) is 25.0 Å². The van der Waals surface area contributed by atoms with Gasteiger partial charge in [0.25, 0.3) is 5.91 Å². The van der Waals surface area contributed by atoms with Crippen molar-refractivity contribution in [1.29, 1.82) is 0 Å². The maximum Gasteiger partial charge on any atom is 0.255 e. The smallest absolute Gasteiger partial charge is 0.255 e. The van der Waals surface area contributed by atoms with Gasteiger partial charge >= 0.3 is 0 Å². The molecule has 3 aliphatic rings. The number of aryl methyl sites for hydroxylation is 1. The predicted octanol–water partition coefficient (Wildman–Crippen LogP) is 3.20. The van der Waals surface area contributed by atoms with Gasteiger partial charge in [0.2, 0.25) is 5.91 Å². The van der Waals surface area contributed by atoms with E-state index >= 15 is 0 Å². The third kappa shape index (κ3) is 3.56. The number of piperidine rings is 1. The van der Waals surface area contributed by atoms with Crippen LogP contribution in [0.3, 0.4) is 0 Å². The maximum absolute atomic E-state index is 12.7. The van der Waals surface area contributed by atoms with E-state index in [0.29, 0.717) is 49.5 Å².